The van der Waals surface area contributed by atoms with Crippen molar-refractivity contribution < 1.29 is 36.6 Å². The second-order valence-electron chi connectivity index (χ2n) is 22.9. The van der Waals surface area contributed by atoms with Crippen LogP contribution in [0.3, 0.4) is 0 Å². The first-order chi connectivity index (χ1) is 41.9. The molecule has 8 heterocycles. The molecule has 2 amide bonds. The Morgan fingerprint density at radius 3 is 1.90 bits per heavy atom. The van der Waals surface area contributed by atoms with Crippen LogP contribution in [0.1, 0.15) is 43.6 Å². The smallest absolute Gasteiger partial charge is 0.391 e. The van der Waals surface area contributed by atoms with Gasteiger partial charge in [0.05, 0.1) is 29.5 Å². The first kappa shape index (κ1) is 59.1. The van der Waals surface area contributed by atoms with Gasteiger partial charge >= 0.3 is 18.2 Å². The fourth-order valence-corrected chi connectivity index (χ4v) is 13.5. The zero-order chi connectivity index (χ0) is 60.8. The van der Waals surface area contributed by atoms with E-state index in [-0.39, 0.29) is 74.0 Å². The van der Waals surface area contributed by atoms with Crippen molar-refractivity contribution in [3.63, 3.8) is 0 Å². The number of alkyl halides is 3. The van der Waals surface area contributed by atoms with Crippen molar-refractivity contribution in [3.05, 3.63) is 132 Å². The van der Waals surface area contributed by atoms with Gasteiger partial charge in [-0.2, -0.15) is 33.1 Å². The maximum absolute atomic E-state index is 14.3. The van der Waals surface area contributed by atoms with Crippen LogP contribution < -0.4 is 19.3 Å². The molecule has 22 heteroatoms. The molecule has 4 fully saturated rings. The zero-order valence-corrected chi connectivity index (χ0v) is 49.5. The summed E-state index contributed by atoms with van der Waals surface area (Å²) in [6.45, 7) is 9.74. The third-order valence-corrected chi connectivity index (χ3v) is 18.0. The number of piperazine rings is 2. The number of fused-ring (bicyclic) bond motifs is 4. The highest BCUT2D eigenvalue weighted by Gasteiger charge is 2.41. The number of halogens is 6. The highest BCUT2D eigenvalue weighted by Crippen LogP contribution is 2.42. The molecule has 0 radical (unpaired) electrons. The molecule has 0 N–H and O–H groups in total. The SMILES string of the molecule is C#CCC1CN(c2nc(OCC3CCCN3C)nc3cc(-c4cc(C5CC(COc6nc(N7CCN(C(=O)C(=C)F)C(CC(F)(F)F)C7)c7ncc(-c8cccc9cccc(Cl)c89)cc7n6)N(C)C5)cc5cccc(Cl)c45)cnc23)CCN1C(=O)C=C. The Labute approximate surface area is 510 Å². The summed E-state index contributed by atoms with van der Waals surface area (Å²) in [6.07, 6.45) is 7.65. The number of ether oxygens (including phenoxy) is 2. The van der Waals surface area contributed by atoms with E-state index in [4.69, 9.17) is 69.0 Å². The molecule has 4 saturated heterocycles. The quantitative estimate of drug-likeness (QED) is 0.0544. The van der Waals surface area contributed by atoms with Crippen molar-refractivity contribution in [3.8, 4) is 46.6 Å². The third kappa shape index (κ3) is 12.1. The molecule has 0 aliphatic carbocycles. The number of carbonyl (C=O) groups excluding carboxylic acids is 2. The molecule has 4 aliphatic rings. The van der Waals surface area contributed by atoms with E-state index >= 15 is 0 Å². The van der Waals surface area contributed by atoms with Crippen LogP contribution in [0.15, 0.2) is 116 Å². The average molecular weight is 1220 g/mol. The Morgan fingerprint density at radius 1 is 0.713 bits per heavy atom. The van der Waals surface area contributed by atoms with Gasteiger partial charge in [-0.25, -0.2) is 4.39 Å². The highest BCUT2D eigenvalue weighted by atomic mass is 35.5. The van der Waals surface area contributed by atoms with Crippen LogP contribution in [0.5, 0.6) is 12.0 Å². The minimum absolute atomic E-state index is 0.0115. The Morgan fingerprint density at radius 2 is 1.30 bits per heavy atom. The van der Waals surface area contributed by atoms with Gasteiger partial charge in [-0.3, -0.25) is 24.5 Å². The van der Waals surface area contributed by atoms with E-state index < -0.39 is 30.4 Å². The van der Waals surface area contributed by atoms with Gasteiger partial charge in [-0.1, -0.05) is 91.0 Å². The van der Waals surface area contributed by atoms with Gasteiger partial charge in [-0.15, -0.1) is 12.3 Å². The summed E-state index contributed by atoms with van der Waals surface area (Å²) in [6, 6.07) is 24.0. The average Bonchev–Trinajstić information content (AvgIpc) is 2.35. The topological polar surface area (TPSA) is 149 Å². The first-order valence-corrected chi connectivity index (χ1v) is 29.7. The zero-order valence-electron chi connectivity index (χ0n) is 48.0. The van der Waals surface area contributed by atoms with Gasteiger partial charge in [-0.05, 0) is 104 Å². The van der Waals surface area contributed by atoms with Crippen molar-refractivity contribution in [2.75, 3.05) is 89.5 Å². The Bertz CT molecular complexity index is 4070. The molecular formula is C65H62Cl2F4N12O4. The molecule has 4 aromatic heterocycles. The lowest BCUT2D eigenvalue weighted by atomic mass is 9.89. The maximum Gasteiger partial charge on any atom is 0.391 e. The molecule has 0 bridgehead atoms. The monoisotopic (exact) mass is 1220 g/mol. The molecule has 8 aromatic rings. The Kier molecular flexibility index (Phi) is 16.7. The summed E-state index contributed by atoms with van der Waals surface area (Å²) in [5.74, 6) is 0.825. The summed E-state index contributed by atoms with van der Waals surface area (Å²) in [5, 5.41) is 4.61. The number of rotatable bonds is 15. The maximum atomic E-state index is 14.3. The lowest BCUT2D eigenvalue weighted by molar-refractivity contribution is -0.154. The largest absolute Gasteiger partial charge is 0.462 e. The number of anilines is 2. The highest BCUT2D eigenvalue weighted by molar-refractivity contribution is 6.37. The second-order valence-corrected chi connectivity index (χ2v) is 23.7. The third-order valence-electron chi connectivity index (χ3n) is 17.4. The molecule has 16 nitrogen and oxygen atoms in total. The van der Waals surface area contributed by atoms with E-state index in [2.05, 4.69) is 53.0 Å². The number of hydrogen-bond acceptors (Lipinski definition) is 14. The molecule has 4 aromatic carbocycles. The van der Waals surface area contributed by atoms with Crippen LogP contribution in [0.25, 0.3) is 65.9 Å². The minimum atomic E-state index is -4.67. The molecule has 0 spiro atoms. The molecule has 4 aliphatic heterocycles. The van der Waals surface area contributed by atoms with Crippen LogP contribution in [0.2, 0.25) is 10.0 Å². The minimum Gasteiger partial charge on any atom is -0.462 e. The molecule has 0 saturated carbocycles. The summed E-state index contributed by atoms with van der Waals surface area (Å²) >= 11 is 13.9. The number of nitrogens with zero attached hydrogens (tertiary/aromatic N) is 12. The Hall–Kier alpha value is -8.22. The van der Waals surface area contributed by atoms with Crippen molar-refractivity contribution in [1.29, 1.82) is 0 Å². The molecule has 5 atom stereocenters. The van der Waals surface area contributed by atoms with Gasteiger partial charge in [0, 0.05) is 109 Å². The van der Waals surface area contributed by atoms with E-state index in [1.807, 2.05) is 80.0 Å². The van der Waals surface area contributed by atoms with E-state index in [9.17, 15) is 27.2 Å². The predicted molar refractivity (Wildman–Crippen MR) is 331 cm³/mol. The fraction of sp³-hybridized carbons (Fsp3) is 0.354. The number of hydrogen-bond donors (Lipinski definition) is 0. The first-order valence-electron chi connectivity index (χ1n) is 28.9. The number of likely N-dealkylation sites (N-methyl/N-ethyl adjacent to an activating group) is 2. The molecular weight excluding hydrogens is 1160 g/mol. The van der Waals surface area contributed by atoms with E-state index in [0.717, 1.165) is 68.1 Å². The van der Waals surface area contributed by atoms with E-state index in [0.29, 0.717) is 89.1 Å². The van der Waals surface area contributed by atoms with Gasteiger partial charge in [0.1, 0.15) is 24.2 Å². The van der Waals surface area contributed by atoms with E-state index in [1.165, 1.54) is 6.08 Å². The number of benzene rings is 4. The summed E-state index contributed by atoms with van der Waals surface area (Å²) in [5.41, 5.74) is 5.97. The van der Waals surface area contributed by atoms with Gasteiger partial charge < -0.3 is 34.0 Å². The number of amides is 2. The summed E-state index contributed by atoms with van der Waals surface area (Å²) in [4.78, 5) is 66.3. The van der Waals surface area contributed by atoms with Crippen molar-refractivity contribution in [1.82, 2.24) is 49.5 Å². The second kappa shape index (κ2) is 24.5. The lowest BCUT2D eigenvalue weighted by Crippen LogP contribution is -2.56. The van der Waals surface area contributed by atoms with Crippen molar-refractivity contribution in [2.45, 2.75) is 68.4 Å². The fourth-order valence-electron chi connectivity index (χ4n) is 13.0. The molecule has 448 valence electrons. The van der Waals surface area contributed by atoms with Crippen LogP contribution in [0.4, 0.5) is 29.2 Å². The number of likely N-dealkylation sites (tertiary alicyclic amines) is 2. The van der Waals surface area contributed by atoms with Gasteiger partial charge in [0.25, 0.3) is 5.91 Å². The van der Waals surface area contributed by atoms with Crippen molar-refractivity contribution >= 4 is 90.3 Å². The van der Waals surface area contributed by atoms with Gasteiger partial charge in [0.15, 0.2) is 17.5 Å². The molecule has 5 unspecified atom stereocenters. The predicted octanol–water partition coefficient (Wildman–Crippen LogP) is 11.3. The van der Waals surface area contributed by atoms with Crippen molar-refractivity contribution in [2.24, 2.45) is 0 Å². The summed E-state index contributed by atoms with van der Waals surface area (Å²) < 4.78 is 69.7. The number of aromatic nitrogens is 6. The van der Waals surface area contributed by atoms with Gasteiger partial charge in [0.2, 0.25) is 5.91 Å². The normalized spacial score (nSPS) is 20.4. The molecule has 12 rings (SSSR count). The summed E-state index contributed by atoms with van der Waals surface area (Å²) in [7, 11) is 4.12. The number of pyridine rings is 2. The Balaban J connectivity index is 0.861. The lowest BCUT2D eigenvalue weighted by Gasteiger charge is -2.42. The number of terminal acetylenes is 1. The van der Waals surface area contributed by atoms with Crippen LogP contribution in [-0.4, -0.2) is 171 Å². The standard InChI is InChI=1S/C65H62Cl2F4N12O4/c1-6-12-45-34-80(21-23-82(45)55(84)7-2)60-59-54(75-63(76-60)86-36-46-16-11-20-78(46)4)29-43(32-73-59)50-27-41(25-40-15-10-19-52(67)57(40)50)44-26-47(79(5)33-44)37-87-64-74-53-28-42(49-17-8-13-39-14-9-18-51(66)56(39)49)31-72-58(53)61(77-64)81-22-24-83(62(85)38(3)68)48(35-81)30-65(69,70)71/h1,7-10,13-15,17-19,25,27-29,31-32,44-48H,2-3,11-12,16,20-24,26,30,33-37H2,4-5H3. The van der Waals surface area contributed by atoms with E-state index in [1.54, 1.807) is 16.0 Å². The number of carbonyl (C=O) groups is 2. The van der Waals surface area contributed by atoms with Crippen LogP contribution in [-0.2, 0) is 9.59 Å². The van der Waals surface area contributed by atoms with Crippen LogP contribution >= 0.6 is 23.2 Å². The van der Waals surface area contributed by atoms with Crippen LogP contribution in [0, 0.1) is 12.3 Å². The molecule has 87 heavy (non-hydrogen) atoms.